The molecule has 3 N–H and O–H groups in total. The van der Waals surface area contributed by atoms with Crippen molar-refractivity contribution >= 4 is 33.5 Å². The van der Waals surface area contributed by atoms with Crippen LogP contribution in [0.4, 0.5) is 10.1 Å². The van der Waals surface area contributed by atoms with Gasteiger partial charge >= 0.3 is 0 Å². The lowest BCUT2D eigenvalue weighted by Crippen LogP contribution is -2.14. The van der Waals surface area contributed by atoms with Crippen LogP contribution in [0.25, 0.3) is 55.8 Å². The van der Waals surface area contributed by atoms with Crippen molar-refractivity contribution in [2.24, 2.45) is 0 Å². The van der Waals surface area contributed by atoms with Gasteiger partial charge in [-0.05, 0) is 47.5 Å². The lowest BCUT2D eigenvalue weighted by Gasteiger charge is -2.08. The second-order valence-electron chi connectivity index (χ2n) is 9.63. The highest BCUT2D eigenvalue weighted by molar-refractivity contribution is 5.98. The maximum Gasteiger partial charge on any atom is 0.228 e. The van der Waals surface area contributed by atoms with Crippen LogP contribution in [0.3, 0.4) is 0 Å². The molecule has 8 nitrogen and oxygen atoms in total. The van der Waals surface area contributed by atoms with E-state index in [1.807, 2.05) is 54.6 Å². The second-order valence-corrected chi connectivity index (χ2v) is 9.63. The van der Waals surface area contributed by atoms with Crippen LogP contribution in [0.2, 0.25) is 0 Å². The number of nitrogens with one attached hydrogen (secondary N) is 3. The van der Waals surface area contributed by atoms with E-state index < -0.39 is 0 Å². The highest BCUT2D eigenvalue weighted by Gasteiger charge is 2.18. The van der Waals surface area contributed by atoms with E-state index in [2.05, 4.69) is 30.5 Å². The molecular weight excluding hydrogens is 517 g/mol. The number of benzene rings is 3. The summed E-state index contributed by atoms with van der Waals surface area (Å²) < 4.78 is 14.6. The van der Waals surface area contributed by atoms with E-state index in [1.165, 1.54) is 6.07 Å². The molecule has 9 heteroatoms. The Kier molecular flexibility index (Phi) is 6.01. The van der Waals surface area contributed by atoms with Crippen molar-refractivity contribution in [1.29, 1.82) is 0 Å². The fourth-order valence-corrected chi connectivity index (χ4v) is 4.92. The number of imidazole rings is 1. The third kappa shape index (κ3) is 4.70. The number of halogens is 1. The van der Waals surface area contributed by atoms with Crippen LogP contribution in [0.1, 0.15) is 5.56 Å². The molecular formula is C32H22FN7O. The Morgan fingerprint density at radius 3 is 2.59 bits per heavy atom. The Labute approximate surface area is 233 Å². The third-order valence-corrected chi connectivity index (χ3v) is 6.88. The van der Waals surface area contributed by atoms with Gasteiger partial charge in [0.1, 0.15) is 22.7 Å². The number of rotatable bonds is 6. The maximum atomic E-state index is 14.6. The summed E-state index contributed by atoms with van der Waals surface area (Å²) in [5.74, 6) is 0.0601. The predicted molar refractivity (Wildman–Crippen MR) is 156 cm³/mol. The normalized spacial score (nSPS) is 11.2. The Morgan fingerprint density at radius 2 is 1.71 bits per heavy atom. The summed E-state index contributed by atoms with van der Waals surface area (Å²) in [5.41, 5.74) is 6.87. The SMILES string of the molecule is O=C(Cc1ccccc1)Nc1cncc(-c2ccc3[nH]nc(-c4nc5c(-c6ccccc6F)nccc5[nH]4)c3c2)c1. The second kappa shape index (κ2) is 10.1. The van der Waals surface area contributed by atoms with Crippen LogP contribution in [0.5, 0.6) is 0 Å². The minimum atomic E-state index is -0.362. The van der Waals surface area contributed by atoms with Gasteiger partial charge in [0.25, 0.3) is 0 Å². The Morgan fingerprint density at radius 1 is 0.854 bits per heavy atom. The molecule has 0 unspecified atom stereocenters. The molecule has 7 aromatic rings. The maximum absolute atomic E-state index is 14.6. The highest BCUT2D eigenvalue weighted by Crippen LogP contribution is 2.33. The van der Waals surface area contributed by atoms with Gasteiger partial charge in [0.15, 0.2) is 5.82 Å². The van der Waals surface area contributed by atoms with Crippen molar-refractivity contribution in [2.45, 2.75) is 6.42 Å². The molecule has 0 aliphatic rings. The molecule has 0 fully saturated rings. The molecule has 0 atom stereocenters. The molecule has 0 aliphatic heterocycles. The highest BCUT2D eigenvalue weighted by atomic mass is 19.1. The van der Waals surface area contributed by atoms with Gasteiger partial charge in [0, 0.05) is 28.9 Å². The number of aromatic amines is 2. The molecule has 0 radical (unpaired) electrons. The van der Waals surface area contributed by atoms with E-state index in [-0.39, 0.29) is 18.1 Å². The van der Waals surface area contributed by atoms with E-state index in [4.69, 9.17) is 4.98 Å². The van der Waals surface area contributed by atoms with Gasteiger partial charge < -0.3 is 10.3 Å². The van der Waals surface area contributed by atoms with Gasteiger partial charge in [-0.2, -0.15) is 5.10 Å². The summed E-state index contributed by atoms with van der Waals surface area (Å²) in [4.78, 5) is 29.4. The van der Waals surface area contributed by atoms with Crippen LogP contribution in [-0.2, 0) is 11.2 Å². The lowest BCUT2D eigenvalue weighted by atomic mass is 10.0. The number of aromatic nitrogens is 6. The summed E-state index contributed by atoms with van der Waals surface area (Å²) in [6, 6.07) is 25.7. The van der Waals surface area contributed by atoms with Crippen molar-refractivity contribution in [3.63, 3.8) is 0 Å². The number of hydrogen-bond donors (Lipinski definition) is 3. The predicted octanol–water partition coefficient (Wildman–Crippen LogP) is 6.55. The van der Waals surface area contributed by atoms with Gasteiger partial charge in [0.05, 0.1) is 29.3 Å². The molecule has 0 saturated carbocycles. The number of fused-ring (bicyclic) bond motifs is 2. The molecule has 0 aliphatic carbocycles. The summed E-state index contributed by atoms with van der Waals surface area (Å²) >= 11 is 0. The van der Waals surface area contributed by atoms with Crippen molar-refractivity contribution in [1.82, 2.24) is 30.1 Å². The quantitative estimate of drug-likeness (QED) is 0.222. The van der Waals surface area contributed by atoms with E-state index in [0.717, 1.165) is 33.1 Å². The average Bonchev–Trinajstić information content (AvgIpc) is 3.62. The first-order chi connectivity index (χ1) is 20.1. The van der Waals surface area contributed by atoms with Crippen LogP contribution in [0, 0.1) is 5.82 Å². The molecule has 41 heavy (non-hydrogen) atoms. The topological polar surface area (TPSA) is 112 Å². The van der Waals surface area contributed by atoms with Crippen LogP contribution in [-0.4, -0.2) is 36.0 Å². The van der Waals surface area contributed by atoms with Crippen LogP contribution in [0.15, 0.2) is 104 Å². The van der Waals surface area contributed by atoms with E-state index >= 15 is 0 Å². The number of carbonyl (C=O) groups is 1. The average molecular weight is 540 g/mol. The number of hydrogen-bond acceptors (Lipinski definition) is 5. The van der Waals surface area contributed by atoms with Gasteiger partial charge in [-0.1, -0.05) is 48.5 Å². The smallest absolute Gasteiger partial charge is 0.228 e. The molecule has 198 valence electrons. The first-order valence-electron chi connectivity index (χ1n) is 13.0. The van der Waals surface area contributed by atoms with Crippen molar-refractivity contribution in [2.75, 3.05) is 5.32 Å². The zero-order chi connectivity index (χ0) is 27.8. The third-order valence-electron chi connectivity index (χ3n) is 6.88. The summed E-state index contributed by atoms with van der Waals surface area (Å²) in [5, 5.41) is 11.4. The van der Waals surface area contributed by atoms with Crippen molar-refractivity contribution in [3.8, 4) is 33.9 Å². The zero-order valence-corrected chi connectivity index (χ0v) is 21.6. The largest absolute Gasteiger partial charge is 0.336 e. The number of pyridine rings is 2. The summed E-state index contributed by atoms with van der Waals surface area (Å²) in [6.45, 7) is 0. The zero-order valence-electron chi connectivity index (χ0n) is 21.6. The molecule has 4 heterocycles. The first kappa shape index (κ1) is 24.3. The Bertz CT molecular complexity index is 2050. The number of anilines is 1. The lowest BCUT2D eigenvalue weighted by molar-refractivity contribution is -0.115. The monoisotopic (exact) mass is 539 g/mol. The molecule has 4 aromatic heterocycles. The van der Waals surface area contributed by atoms with Crippen LogP contribution >= 0.6 is 0 Å². The van der Waals surface area contributed by atoms with Crippen LogP contribution < -0.4 is 5.32 Å². The van der Waals surface area contributed by atoms with Gasteiger partial charge in [-0.15, -0.1) is 0 Å². The standard InChI is InChI=1S/C32H22FN7O/c33-25-9-5-4-8-23(25)29-31-27(12-13-35-29)37-32(38-31)30-24-16-20(10-11-26(24)39-40-30)21-15-22(18-34-17-21)36-28(41)14-19-6-2-1-3-7-19/h1-13,15-18H,14H2,(H,36,41)(H,37,38)(H,39,40). The number of carbonyl (C=O) groups excluding carboxylic acids is 1. The number of H-pyrrole nitrogens is 2. The molecule has 3 aromatic carbocycles. The minimum Gasteiger partial charge on any atom is -0.336 e. The van der Waals surface area contributed by atoms with E-state index in [1.54, 1.807) is 42.9 Å². The van der Waals surface area contributed by atoms with Crippen molar-refractivity contribution in [3.05, 3.63) is 115 Å². The number of amides is 1. The molecule has 1 amide bonds. The van der Waals surface area contributed by atoms with Gasteiger partial charge in [-0.3, -0.25) is 19.9 Å². The van der Waals surface area contributed by atoms with E-state index in [9.17, 15) is 9.18 Å². The first-order valence-corrected chi connectivity index (χ1v) is 13.0. The Hall–Kier alpha value is -5.70. The molecule has 0 bridgehead atoms. The molecule has 0 spiro atoms. The molecule has 7 rings (SSSR count). The Balaban J connectivity index is 1.22. The molecule has 0 saturated heterocycles. The number of nitrogens with zero attached hydrogens (tertiary/aromatic N) is 4. The van der Waals surface area contributed by atoms with Gasteiger partial charge in [-0.25, -0.2) is 9.37 Å². The van der Waals surface area contributed by atoms with E-state index in [0.29, 0.717) is 34.0 Å². The van der Waals surface area contributed by atoms with Crippen molar-refractivity contribution < 1.29 is 9.18 Å². The summed E-state index contributed by atoms with van der Waals surface area (Å²) in [6.07, 6.45) is 5.29. The fourth-order valence-electron chi connectivity index (χ4n) is 4.92. The summed E-state index contributed by atoms with van der Waals surface area (Å²) in [7, 11) is 0. The van der Waals surface area contributed by atoms with Gasteiger partial charge in [0.2, 0.25) is 5.91 Å². The minimum absolute atomic E-state index is 0.114. The fraction of sp³-hybridized carbons (Fsp3) is 0.0312.